The number of carbonyl (C=O) groups excluding carboxylic acids is 1. The normalized spacial score (nSPS) is 13.1. The molecule has 2 rings (SSSR count). The molecule has 0 saturated carbocycles. The highest BCUT2D eigenvalue weighted by Gasteiger charge is 2.31. The summed E-state index contributed by atoms with van der Waals surface area (Å²) < 4.78 is 52.8. The first-order chi connectivity index (χ1) is 14.9. The molecule has 2 aromatic carbocycles. The van der Waals surface area contributed by atoms with Crippen molar-refractivity contribution in [3.8, 4) is 0 Å². The lowest BCUT2D eigenvalue weighted by Gasteiger charge is -2.30. The van der Waals surface area contributed by atoms with E-state index < -0.39 is 32.0 Å². The second-order valence-corrected chi connectivity index (χ2v) is 11.2. The molecule has 0 radical (unpaired) electrons. The molecule has 2 aromatic rings. The van der Waals surface area contributed by atoms with E-state index in [0.29, 0.717) is 24.5 Å². The minimum Gasteiger partial charge on any atom is -0.324 e. The van der Waals surface area contributed by atoms with E-state index in [-0.39, 0.29) is 11.3 Å². The first kappa shape index (κ1) is 25.8. The van der Waals surface area contributed by atoms with Crippen molar-refractivity contribution in [2.24, 2.45) is 0 Å². The highest BCUT2D eigenvalue weighted by molar-refractivity contribution is 7.92. The van der Waals surface area contributed by atoms with Crippen LogP contribution in [0.5, 0.6) is 0 Å². The van der Waals surface area contributed by atoms with Crippen LogP contribution in [-0.2, 0) is 24.8 Å². The molecule has 0 spiro atoms. The zero-order valence-corrected chi connectivity index (χ0v) is 20.7. The molecule has 0 bridgehead atoms. The van der Waals surface area contributed by atoms with Gasteiger partial charge in [-0.15, -0.1) is 0 Å². The Balaban J connectivity index is 2.30. The van der Waals surface area contributed by atoms with Gasteiger partial charge in [0.1, 0.15) is 6.04 Å². The van der Waals surface area contributed by atoms with Gasteiger partial charge < -0.3 is 5.32 Å². The van der Waals surface area contributed by atoms with E-state index in [9.17, 15) is 21.6 Å². The van der Waals surface area contributed by atoms with Gasteiger partial charge in [0, 0.05) is 18.8 Å². The number of nitrogens with zero attached hydrogens (tertiary/aromatic N) is 2. The summed E-state index contributed by atoms with van der Waals surface area (Å²) in [5.41, 5.74) is 1.75. The molecule has 0 heterocycles. The molecule has 32 heavy (non-hydrogen) atoms. The maximum absolute atomic E-state index is 13.0. The molecule has 8 nitrogen and oxygen atoms in total. The summed E-state index contributed by atoms with van der Waals surface area (Å²) >= 11 is 0. The maximum atomic E-state index is 13.0. The number of hydrogen-bond donors (Lipinski definition) is 1. The van der Waals surface area contributed by atoms with Crippen molar-refractivity contribution < 1.29 is 21.6 Å². The lowest BCUT2D eigenvalue weighted by atomic mass is 10.1. The Kier molecular flexibility index (Phi) is 8.44. The Morgan fingerprint density at radius 3 is 1.88 bits per heavy atom. The zero-order chi connectivity index (χ0) is 24.1. The fourth-order valence-corrected chi connectivity index (χ4v) is 6.07. The minimum atomic E-state index is -3.73. The molecular weight excluding hydrogens is 450 g/mol. The van der Waals surface area contributed by atoms with Crippen LogP contribution in [0.1, 0.15) is 32.8 Å². The van der Waals surface area contributed by atoms with Gasteiger partial charge in [-0.3, -0.25) is 9.10 Å². The van der Waals surface area contributed by atoms with Crippen LogP contribution in [0.25, 0.3) is 0 Å². The van der Waals surface area contributed by atoms with E-state index in [1.54, 1.807) is 45.0 Å². The molecule has 1 N–H and O–H groups in total. The van der Waals surface area contributed by atoms with Crippen LogP contribution in [0.2, 0.25) is 0 Å². The van der Waals surface area contributed by atoms with Crippen LogP contribution in [0.4, 0.5) is 11.4 Å². The summed E-state index contributed by atoms with van der Waals surface area (Å²) in [6, 6.07) is 11.8. The van der Waals surface area contributed by atoms with E-state index in [0.717, 1.165) is 16.1 Å². The lowest BCUT2D eigenvalue weighted by molar-refractivity contribution is -0.117. The van der Waals surface area contributed by atoms with E-state index in [1.165, 1.54) is 28.6 Å². The third kappa shape index (κ3) is 5.87. The van der Waals surface area contributed by atoms with E-state index in [1.807, 2.05) is 6.92 Å². The van der Waals surface area contributed by atoms with Crippen molar-refractivity contribution in [3.05, 3.63) is 54.1 Å². The highest BCUT2D eigenvalue weighted by atomic mass is 32.2. The van der Waals surface area contributed by atoms with Crippen LogP contribution in [0, 0.1) is 6.92 Å². The van der Waals surface area contributed by atoms with Crippen LogP contribution in [0.3, 0.4) is 0 Å². The van der Waals surface area contributed by atoms with Crippen molar-refractivity contribution >= 4 is 37.3 Å². The molecule has 1 amide bonds. The average molecular weight is 482 g/mol. The summed E-state index contributed by atoms with van der Waals surface area (Å²) in [7, 11) is -7.34. The Bertz CT molecular complexity index is 1130. The molecule has 0 saturated heterocycles. The standard InChI is InChI=1S/C22H31N3O5S2/c1-6-21(25(31(5,27)28)19-13-9-17(4)10-14-19)22(26)23-18-11-15-20(16-12-18)32(29,30)24(7-2)8-3/h9-16,21H,6-8H2,1-5H3,(H,23,26). The summed E-state index contributed by atoms with van der Waals surface area (Å²) in [5.74, 6) is -0.502. The molecule has 0 aliphatic heterocycles. The third-order valence-corrected chi connectivity index (χ3v) is 8.33. The van der Waals surface area contributed by atoms with Gasteiger partial charge in [-0.2, -0.15) is 4.31 Å². The van der Waals surface area contributed by atoms with Gasteiger partial charge in [0.25, 0.3) is 0 Å². The number of amides is 1. The number of benzene rings is 2. The van der Waals surface area contributed by atoms with Gasteiger partial charge in [-0.05, 0) is 49.7 Å². The second-order valence-electron chi connectivity index (χ2n) is 7.42. The number of carbonyl (C=O) groups is 1. The van der Waals surface area contributed by atoms with Gasteiger partial charge >= 0.3 is 0 Å². The number of sulfonamides is 2. The Hall–Kier alpha value is -2.43. The summed E-state index contributed by atoms with van der Waals surface area (Å²) in [5, 5.41) is 2.71. The topological polar surface area (TPSA) is 104 Å². The Labute approximate surface area is 191 Å². The largest absolute Gasteiger partial charge is 0.324 e. The predicted molar refractivity (Wildman–Crippen MR) is 128 cm³/mol. The van der Waals surface area contributed by atoms with Crippen molar-refractivity contribution in [1.29, 1.82) is 0 Å². The van der Waals surface area contributed by atoms with E-state index in [2.05, 4.69) is 5.32 Å². The van der Waals surface area contributed by atoms with Crippen LogP contribution < -0.4 is 9.62 Å². The smallest absolute Gasteiger partial charge is 0.248 e. The minimum absolute atomic E-state index is 0.128. The molecule has 1 atom stereocenters. The molecule has 176 valence electrons. The first-order valence-electron chi connectivity index (χ1n) is 10.4. The molecule has 0 aromatic heterocycles. The Morgan fingerprint density at radius 1 is 0.906 bits per heavy atom. The van der Waals surface area contributed by atoms with Gasteiger partial charge in [0.2, 0.25) is 26.0 Å². The first-order valence-corrected chi connectivity index (χ1v) is 13.7. The fourth-order valence-electron chi connectivity index (χ4n) is 3.40. The quantitative estimate of drug-likeness (QED) is 0.561. The number of aryl methyl sites for hydroxylation is 1. The monoisotopic (exact) mass is 481 g/mol. The molecule has 0 aliphatic carbocycles. The number of rotatable bonds is 10. The van der Waals surface area contributed by atoms with Crippen molar-refractivity contribution in [2.75, 3.05) is 29.0 Å². The molecule has 0 fully saturated rings. The molecular formula is C22H31N3O5S2. The number of anilines is 2. The van der Waals surface area contributed by atoms with E-state index in [4.69, 9.17) is 0 Å². The summed E-state index contributed by atoms with van der Waals surface area (Å²) in [6.07, 6.45) is 1.32. The molecule has 10 heteroatoms. The van der Waals surface area contributed by atoms with Gasteiger partial charge in [-0.25, -0.2) is 16.8 Å². The summed E-state index contributed by atoms with van der Waals surface area (Å²) in [6.45, 7) is 7.87. The average Bonchev–Trinajstić information content (AvgIpc) is 2.73. The fraction of sp³-hybridized carbons (Fsp3) is 0.409. The van der Waals surface area contributed by atoms with Crippen molar-refractivity contribution in [1.82, 2.24) is 4.31 Å². The van der Waals surface area contributed by atoms with Gasteiger partial charge in [0.05, 0.1) is 16.8 Å². The van der Waals surface area contributed by atoms with Gasteiger partial charge in [0.15, 0.2) is 0 Å². The summed E-state index contributed by atoms with van der Waals surface area (Å²) in [4.78, 5) is 13.1. The molecule has 0 aliphatic rings. The highest BCUT2D eigenvalue weighted by Crippen LogP contribution is 2.24. The van der Waals surface area contributed by atoms with Crippen LogP contribution >= 0.6 is 0 Å². The van der Waals surface area contributed by atoms with Gasteiger partial charge in [-0.1, -0.05) is 38.5 Å². The number of nitrogens with one attached hydrogen (secondary N) is 1. The zero-order valence-electron chi connectivity index (χ0n) is 19.1. The SMILES string of the molecule is CCC(C(=O)Nc1ccc(S(=O)(=O)N(CC)CC)cc1)N(c1ccc(C)cc1)S(C)(=O)=O. The van der Waals surface area contributed by atoms with E-state index >= 15 is 0 Å². The van der Waals surface area contributed by atoms with Crippen molar-refractivity contribution in [3.63, 3.8) is 0 Å². The van der Waals surface area contributed by atoms with Crippen molar-refractivity contribution in [2.45, 2.75) is 45.1 Å². The number of hydrogen-bond acceptors (Lipinski definition) is 5. The third-order valence-electron chi connectivity index (χ3n) is 5.08. The second kappa shape index (κ2) is 10.5. The molecule has 1 unspecified atom stereocenters. The Morgan fingerprint density at radius 2 is 1.44 bits per heavy atom. The van der Waals surface area contributed by atoms with Crippen LogP contribution in [-0.4, -0.2) is 52.4 Å². The maximum Gasteiger partial charge on any atom is 0.248 e. The lowest BCUT2D eigenvalue weighted by Crippen LogP contribution is -2.47. The van der Waals surface area contributed by atoms with Crippen LogP contribution in [0.15, 0.2) is 53.4 Å². The predicted octanol–water partition coefficient (Wildman–Crippen LogP) is 3.21.